The zero-order valence-electron chi connectivity index (χ0n) is 40.4. The number of ketones is 1. The normalized spacial score (nSPS) is 15.1. The van der Waals surface area contributed by atoms with E-state index in [-0.39, 0.29) is 16.6 Å². The Bertz CT molecular complexity index is 3650. The molecule has 0 saturated heterocycles. The van der Waals surface area contributed by atoms with Crippen LogP contribution in [0.4, 0.5) is 34.1 Å². The average molecular weight is 913 g/mol. The van der Waals surface area contributed by atoms with Crippen LogP contribution in [0.25, 0.3) is 22.3 Å². The smallest absolute Gasteiger partial charge is 0.193 e. The molecule has 3 heteroatoms. The van der Waals surface area contributed by atoms with E-state index in [2.05, 4.69) is 268 Å². The van der Waals surface area contributed by atoms with Crippen molar-refractivity contribution in [2.45, 2.75) is 43.9 Å². The second-order valence-electron chi connectivity index (χ2n) is 20.4. The molecule has 3 aliphatic rings. The summed E-state index contributed by atoms with van der Waals surface area (Å²) in [6.07, 6.45) is 0. The van der Waals surface area contributed by atoms with Gasteiger partial charge in [0.05, 0.1) is 16.8 Å². The molecule has 0 radical (unpaired) electrons. The van der Waals surface area contributed by atoms with Gasteiger partial charge in [-0.05, 0) is 140 Å². The Hall–Kier alpha value is -8.53. The SMILES string of the molecule is CC1(C)c2ccccc2-c2cc3c(cc21)N(c1cccc(-c2ccc4c(c2)C(c2ccccc2)(c2ccccc2)c2ccccc2C4=O)c1)c1ccc(N(c2ccccc2)c2ccccc2)cc1C3(C)C. The first kappa shape index (κ1) is 42.6. The molecule has 0 spiro atoms. The molecule has 10 aromatic carbocycles. The summed E-state index contributed by atoms with van der Waals surface area (Å²) in [4.78, 5) is 19.5. The lowest BCUT2D eigenvalue weighted by atomic mass is 9.59. The Morgan fingerprint density at radius 3 is 1.54 bits per heavy atom. The molecule has 3 nitrogen and oxygen atoms in total. The standard InChI is InChI=1S/C68H52N2O/c1-66(2)57-34-19-17-32-53(57)56-43-62-64(44-59(56)66)70(63-39-37-52(42-61(63)67(62,3)4)69(49-27-13-7-14-28-49)50-29-15-8-16-30-50)51-31-21-22-45(40-51)46-36-38-55-60(41-46)68(47-23-9-5-10-24-47,48-25-11-6-12-26-48)58-35-20-18-33-54(58)65(55)71/h5-44H,1-4H3. The van der Waals surface area contributed by atoms with Gasteiger partial charge in [0.2, 0.25) is 0 Å². The first-order valence-electron chi connectivity index (χ1n) is 24.8. The summed E-state index contributed by atoms with van der Waals surface area (Å²) in [5.41, 5.74) is 21.1. The maximum absolute atomic E-state index is 14.7. The van der Waals surface area contributed by atoms with Gasteiger partial charge in [-0.1, -0.05) is 198 Å². The van der Waals surface area contributed by atoms with Gasteiger partial charge in [0, 0.05) is 44.7 Å². The Labute approximate surface area is 417 Å². The van der Waals surface area contributed by atoms with E-state index >= 15 is 0 Å². The Balaban J connectivity index is 1.03. The molecule has 0 fully saturated rings. The van der Waals surface area contributed by atoms with Crippen molar-refractivity contribution in [2.24, 2.45) is 0 Å². The van der Waals surface area contributed by atoms with Crippen LogP contribution < -0.4 is 9.80 Å². The molecule has 71 heavy (non-hydrogen) atoms. The number of fused-ring (bicyclic) bond motifs is 7. The number of hydrogen-bond acceptors (Lipinski definition) is 3. The summed E-state index contributed by atoms with van der Waals surface area (Å²) in [6, 6.07) is 87.5. The van der Waals surface area contributed by atoms with Crippen LogP contribution in [0.1, 0.15) is 88.1 Å². The van der Waals surface area contributed by atoms with Crippen LogP contribution in [0.3, 0.4) is 0 Å². The van der Waals surface area contributed by atoms with E-state index < -0.39 is 5.41 Å². The molecule has 0 bridgehead atoms. The van der Waals surface area contributed by atoms with Crippen molar-refractivity contribution >= 4 is 39.9 Å². The van der Waals surface area contributed by atoms with E-state index in [0.717, 1.165) is 72.9 Å². The minimum atomic E-state index is -0.734. The van der Waals surface area contributed by atoms with Gasteiger partial charge in [0.1, 0.15) is 0 Å². The second-order valence-corrected chi connectivity index (χ2v) is 20.4. The summed E-state index contributed by atoms with van der Waals surface area (Å²) in [5.74, 6) is 0.0533. The maximum atomic E-state index is 14.7. The van der Waals surface area contributed by atoms with Crippen molar-refractivity contribution in [3.8, 4) is 22.3 Å². The lowest BCUT2D eigenvalue weighted by Crippen LogP contribution is -2.38. The lowest BCUT2D eigenvalue weighted by Gasteiger charge is -2.43. The highest BCUT2D eigenvalue weighted by atomic mass is 16.1. The van der Waals surface area contributed by atoms with Gasteiger partial charge in [-0.25, -0.2) is 0 Å². The third-order valence-electron chi connectivity index (χ3n) is 15.9. The predicted octanol–water partition coefficient (Wildman–Crippen LogP) is 17.2. The minimum absolute atomic E-state index is 0.0533. The minimum Gasteiger partial charge on any atom is -0.310 e. The highest BCUT2D eigenvalue weighted by Gasteiger charge is 2.47. The first-order chi connectivity index (χ1) is 34.7. The van der Waals surface area contributed by atoms with Gasteiger partial charge in [-0.15, -0.1) is 0 Å². The fraction of sp³-hybridized carbons (Fsp3) is 0.103. The molecular formula is C68H52N2O. The number of anilines is 6. The van der Waals surface area contributed by atoms with Gasteiger partial charge in [-0.3, -0.25) is 4.79 Å². The van der Waals surface area contributed by atoms with E-state index in [1.807, 2.05) is 12.1 Å². The van der Waals surface area contributed by atoms with Gasteiger partial charge in [0.15, 0.2) is 5.78 Å². The van der Waals surface area contributed by atoms with Crippen molar-refractivity contribution in [2.75, 3.05) is 9.80 Å². The number of carbonyl (C=O) groups is 1. The monoisotopic (exact) mass is 912 g/mol. The molecule has 13 rings (SSSR count). The van der Waals surface area contributed by atoms with Crippen LogP contribution in [-0.4, -0.2) is 5.78 Å². The predicted molar refractivity (Wildman–Crippen MR) is 293 cm³/mol. The summed E-state index contributed by atoms with van der Waals surface area (Å²) >= 11 is 0. The summed E-state index contributed by atoms with van der Waals surface area (Å²) in [6.45, 7) is 9.53. The Morgan fingerprint density at radius 1 is 0.338 bits per heavy atom. The van der Waals surface area contributed by atoms with E-state index in [9.17, 15) is 4.79 Å². The largest absolute Gasteiger partial charge is 0.310 e. The average Bonchev–Trinajstić information content (AvgIpc) is 3.65. The fourth-order valence-electron chi connectivity index (χ4n) is 12.5. The highest BCUT2D eigenvalue weighted by Crippen LogP contribution is 2.59. The molecule has 1 aliphatic heterocycles. The molecule has 0 saturated carbocycles. The van der Waals surface area contributed by atoms with Crippen molar-refractivity contribution in [3.05, 3.63) is 298 Å². The van der Waals surface area contributed by atoms with Crippen molar-refractivity contribution in [3.63, 3.8) is 0 Å². The molecule has 0 amide bonds. The van der Waals surface area contributed by atoms with E-state index in [4.69, 9.17) is 0 Å². The summed E-state index contributed by atoms with van der Waals surface area (Å²) in [5, 5.41) is 0. The van der Waals surface area contributed by atoms with Crippen LogP contribution in [0.5, 0.6) is 0 Å². The fourth-order valence-corrected chi connectivity index (χ4v) is 12.5. The van der Waals surface area contributed by atoms with Crippen LogP contribution in [-0.2, 0) is 16.2 Å². The van der Waals surface area contributed by atoms with Crippen molar-refractivity contribution in [1.82, 2.24) is 0 Å². The number of para-hydroxylation sites is 2. The molecular weight excluding hydrogens is 861 g/mol. The Kier molecular flexibility index (Phi) is 9.60. The molecule has 2 aliphatic carbocycles. The van der Waals surface area contributed by atoms with E-state index in [1.165, 1.54) is 39.1 Å². The zero-order valence-corrected chi connectivity index (χ0v) is 40.4. The van der Waals surface area contributed by atoms with Crippen molar-refractivity contribution < 1.29 is 4.79 Å². The van der Waals surface area contributed by atoms with E-state index in [1.54, 1.807) is 0 Å². The zero-order chi connectivity index (χ0) is 48.1. The van der Waals surface area contributed by atoms with Gasteiger partial charge in [0.25, 0.3) is 0 Å². The molecule has 0 atom stereocenters. The number of nitrogens with zero attached hydrogens (tertiary/aromatic N) is 2. The lowest BCUT2D eigenvalue weighted by molar-refractivity contribution is 0.103. The Morgan fingerprint density at radius 2 is 0.873 bits per heavy atom. The van der Waals surface area contributed by atoms with Gasteiger partial charge < -0.3 is 9.80 Å². The molecule has 0 N–H and O–H groups in total. The molecule has 340 valence electrons. The van der Waals surface area contributed by atoms with Crippen LogP contribution in [0.15, 0.2) is 243 Å². The number of rotatable bonds is 7. The molecule has 10 aromatic rings. The third-order valence-corrected chi connectivity index (χ3v) is 15.9. The van der Waals surface area contributed by atoms with Crippen molar-refractivity contribution in [1.29, 1.82) is 0 Å². The quantitative estimate of drug-likeness (QED) is 0.159. The van der Waals surface area contributed by atoms with Crippen LogP contribution in [0.2, 0.25) is 0 Å². The highest BCUT2D eigenvalue weighted by molar-refractivity contribution is 6.14. The van der Waals surface area contributed by atoms with Crippen LogP contribution >= 0.6 is 0 Å². The summed E-state index contributed by atoms with van der Waals surface area (Å²) < 4.78 is 0. The number of hydrogen-bond donors (Lipinski definition) is 0. The maximum Gasteiger partial charge on any atom is 0.193 e. The summed E-state index contributed by atoms with van der Waals surface area (Å²) in [7, 11) is 0. The molecule has 0 unspecified atom stereocenters. The molecule has 0 aromatic heterocycles. The van der Waals surface area contributed by atoms with E-state index in [0.29, 0.717) is 0 Å². The molecule has 1 heterocycles. The van der Waals surface area contributed by atoms with Crippen LogP contribution in [0, 0.1) is 0 Å². The number of carbonyl (C=O) groups excluding carboxylic acids is 1. The third kappa shape index (κ3) is 6.32. The topological polar surface area (TPSA) is 23.6 Å². The van der Waals surface area contributed by atoms with Gasteiger partial charge >= 0.3 is 0 Å². The second kappa shape index (κ2) is 16.0. The first-order valence-corrected chi connectivity index (χ1v) is 24.8. The number of benzene rings is 10. The van der Waals surface area contributed by atoms with Gasteiger partial charge in [-0.2, -0.15) is 0 Å².